The lowest BCUT2D eigenvalue weighted by Gasteiger charge is -2.30. The van der Waals surface area contributed by atoms with Gasteiger partial charge in [-0.05, 0) is 31.7 Å². The lowest BCUT2D eigenvalue weighted by atomic mass is 9.91. The molecule has 0 aliphatic heterocycles. The fourth-order valence-corrected chi connectivity index (χ4v) is 4.24. The zero-order valence-electron chi connectivity index (χ0n) is 17.5. The topological polar surface area (TPSA) is 134 Å². The molecule has 0 bridgehead atoms. The summed E-state index contributed by atoms with van der Waals surface area (Å²) < 4.78 is 3.92. The maximum atomic E-state index is 9.44. The van der Waals surface area contributed by atoms with E-state index in [9.17, 15) is 5.26 Å². The van der Waals surface area contributed by atoms with Gasteiger partial charge in [-0.1, -0.05) is 0 Å². The van der Waals surface area contributed by atoms with Crippen molar-refractivity contribution in [2.24, 2.45) is 7.05 Å². The molecule has 10 heteroatoms. The Hall–Kier alpha value is -4.31. The second-order valence-corrected chi connectivity index (χ2v) is 7.98. The summed E-state index contributed by atoms with van der Waals surface area (Å²) in [4.78, 5) is 22.2. The van der Waals surface area contributed by atoms with Gasteiger partial charge in [-0.3, -0.25) is 0 Å². The normalized spacial score (nSPS) is 18.2. The summed E-state index contributed by atoms with van der Waals surface area (Å²) in [6.45, 7) is 0. The van der Waals surface area contributed by atoms with E-state index in [1.54, 1.807) is 24.8 Å². The first-order valence-corrected chi connectivity index (χ1v) is 10.4. The molecule has 0 unspecified atom stereocenters. The smallest absolute Gasteiger partial charge is 0.223 e. The van der Waals surface area contributed by atoms with E-state index in [0.717, 1.165) is 36.8 Å². The highest BCUT2D eigenvalue weighted by molar-refractivity contribution is 5.72. The van der Waals surface area contributed by atoms with Crippen LogP contribution in [0.1, 0.15) is 42.9 Å². The standard InChI is InChI=1S/C22H20N10/c1-31-11-19(27-12-31)20-15(8-24)10-26-22(30-20)29-16-3-2-4-17(6-16)32-13-28-18-5-14(7-23)9-25-21(18)32/h5,9-13,16-17H,2-4,6H2,1H3,(H,26,29,30)/t16-,17+/m1/s1. The molecule has 1 aliphatic carbocycles. The molecule has 0 amide bonds. The number of hydrogen-bond acceptors (Lipinski definition) is 8. The second-order valence-electron chi connectivity index (χ2n) is 7.98. The molecule has 0 aromatic carbocycles. The molecule has 1 fully saturated rings. The number of nitrogens with zero attached hydrogens (tertiary/aromatic N) is 9. The summed E-state index contributed by atoms with van der Waals surface area (Å²) in [6, 6.07) is 6.43. The Balaban J connectivity index is 1.37. The van der Waals surface area contributed by atoms with Crippen LogP contribution < -0.4 is 5.32 Å². The minimum Gasteiger partial charge on any atom is -0.351 e. The van der Waals surface area contributed by atoms with Gasteiger partial charge in [-0.25, -0.2) is 24.9 Å². The number of rotatable bonds is 4. The number of hydrogen-bond donors (Lipinski definition) is 1. The van der Waals surface area contributed by atoms with E-state index in [1.165, 1.54) is 0 Å². The van der Waals surface area contributed by atoms with Gasteiger partial charge in [0, 0.05) is 31.5 Å². The second kappa shape index (κ2) is 8.08. The van der Waals surface area contributed by atoms with E-state index in [4.69, 9.17) is 5.26 Å². The number of fused-ring (bicyclic) bond motifs is 1. The first kappa shape index (κ1) is 19.6. The fraction of sp³-hybridized carbons (Fsp3) is 0.318. The van der Waals surface area contributed by atoms with Crippen molar-refractivity contribution in [3.05, 3.63) is 48.4 Å². The molecule has 0 saturated heterocycles. The lowest BCUT2D eigenvalue weighted by molar-refractivity contribution is 0.335. The molecule has 158 valence electrons. The first-order valence-electron chi connectivity index (χ1n) is 10.4. The summed E-state index contributed by atoms with van der Waals surface area (Å²) in [5.41, 5.74) is 3.59. The maximum Gasteiger partial charge on any atom is 0.223 e. The molecule has 1 saturated carbocycles. The summed E-state index contributed by atoms with van der Waals surface area (Å²) in [5.74, 6) is 0.488. The van der Waals surface area contributed by atoms with Crippen molar-refractivity contribution in [1.82, 2.24) is 34.1 Å². The molecule has 0 radical (unpaired) electrons. The van der Waals surface area contributed by atoms with Gasteiger partial charge < -0.3 is 14.5 Å². The van der Waals surface area contributed by atoms with Crippen LogP contribution in [0.3, 0.4) is 0 Å². The molecular formula is C22H20N10. The highest BCUT2D eigenvalue weighted by Crippen LogP contribution is 2.32. The van der Waals surface area contributed by atoms with Crippen LogP contribution >= 0.6 is 0 Å². The van der Waals surface area contributed by atoms with Crippen molar-refractivity contribution in [3.8, 4) is 23.5 Å². The minimum atomic E-state index is 0.175. The third-order valence-corrected chi connectivity index (χ3v) is 5.77. The highest BCUT2D eigenvalue weighted by atomic mass is 15.2. The van der Waals surface area contributed by atoms with E-state index >= 15 is 0 Å². The number of imidazole rings is 2. The Morgan fingerprint density at radius 1 is 1.06 bits per heavy atom. The Labute approximate surface area is 184 Å². The van der Waals surface area contributed by atoms with Crippen LogP contribution in [0.15, 0.2) is 37.3 Å². The summed E-state index contributed by atoms with van der Waals surface area (Å²) >= 11 is 0. The molecule has 5 rings (SSSR count). The summed E-state index contributed by atoms with van der Waals surface area (Å²) in [7, 11) is 1.88. The van der Waals surface area contributed by atoms with Crippen LogP contribution in [-0.4, -0.2) is 40.1 Å². The molecule has 4 heterocycles. The minimum absolute atomic E-state index is 0.175. The number of nitriles is 2. The molecule has 1 aliphatic rings. The molecule has 4 aromatic rings. The zero-order chi connectivity index (χ0) is 22.1. The van der Waals surface area contributed by atoms with E-state index in [1.807, 2.05) is 24.1 Å². The molecule has 10 nitrogen and oxygen atoms in total. The van der Waals surface area contributed by atoms with Crippen molar-refractivity contribution in [2.45, 2.75) is 37.8 Å². The SMILES string of the molecule is Cn1cnc(-c2nc(N[C@@H]3CCC[C@H](n4cnc5cc(C#N)cnc54)C3)ncc2C#N)c1. The third kappa shape index (κ3) is 3.63. The summed E-state index contributed by atoms with van der Waals surface area (Å²) in [5, 5.41) is 22.0. The van der Waals surface area contributed by atoms with E-state index < -0.39 is 0 Å². The quantitative estimate of drug-likeness (QED) is 0.528. The zero-order valence-corrected chi connectivity index (χ0v) is 17.5. The van der Waals surface area contributed by atoms with Crippen LogP contribution in [0, 0.1) is 22.7 Å². The number of aromatic nitrogens is 7. The maximum absolute atomic E-state index is 9.44. The molecular weight excluding hydrogens is 404 g/mol. The van der Waals surface area contributed by atoms with Crippen LogP contribution in [0.4, 0.5) is 5.95 Å². The molecule has 1 N–H and O–H groups in total. The molecule has 32 heavy (non-hydrogen) atoms. The van der Waals surface area contributed by atoms with Crippen molar-refractivity contribution in [2.75, 3.05) is 5.32 Å². The average molecular weight is 424 g/mol. The largest absolute Gasteiger partial charge is 0.351 e. The van der Waals surface area contributed by atoms with Crippen molar-refractivity contribution < 1.29 is 0 Å². The average Bonchev–Trinajstić information content (AvgIpc) is 3.45. The van der Waals surface area contributed by atoms with E-state index in [-0.39, 0.29) is 12.1 Å². The van der Waals surface area contributed by atoms with Gasteiger partial charge in [0.1, 0.15) is 29.0 Å². The number of nitrogens with one attached hydrogen (secondary N) is 1. The highest BCUT2D eigenvalue weighted by Gasteiger charge is 2.25. The molecule has 0 spiro atoms. The molecule has 2 atom stereocenters. The Kier molecular flexibility index (Phi) is 4.96. The number of pyridine rings is 1. The van der Waals surface area contributed by atoms with Gasteiger partial charge in [0.2, 0.25) is 5.95 Å². The predicted octanol–water partition coefficient (Wildman–Crippen LogP) is 2.96. The number of anilines is 1. The van der Waals surface area contributed by atoms with Gasteiger partial charge >= 0.3 is 0 Å². The van der Waals surface area contributed by atoms with Crippen LogP contribution in [0.5, 0.6) is 0 Å². The Morgan fingerprint density at radius 3 is 2.75 bits per heavy atom. The van der Waals surface area contributed by atoms with Crippen LogP contribution in [0.2, 0.25) is 0 Å². The van der Waals surface area contributed by atoms with Gasteiger partial charge in [0.15, 0.2) is 5.65 Å². The first-order chi connectivity index (χ1) is 15.6. The lowest BCUT2D eigenvalue weighted by Crippen LogP contribution is -2.29. The van der Waals surface area contributed by atoms with Crippen LogP contribution in [0.25, 0.3) is 22.6 Å². The van der Waals surface area contributed by atoms with E-state index in [0.29, 0.717) is 28.5 Å². The van der Waals surface area contributed by atoms with Gasteiger partial charge in [-0.2, -0.15) is 10.5 Å². The Morgan fingerprint density at radius 2 is 1.97 bits per heavy atom. The third-order valence-electron chi connectivity index (χ3n) is 5.77. The van der Waals surface area contributed by atoms with Gasteiger partial charge in [0.05, 0.1) is 30.0 Å². The van der Waals surface area contributed by atoms with Crippen LogP contribution in [-0.2, 0) is 7.05 Å². The van der Waals surface area contributed by atoms with E-state index in [2.05, 4.69) is 46.9 Å². The van der Waals surface area contributed by atoms with Gasteiger partial charge in [-0.15, -0.1) is 0 Å². The predicted molar refractivity (Wildman–Crippen MR) is 116 cm³/mol. The van der Waals surface area contributed by atoms with Gasteiger partial charge in [0.25, 0.3) is 0 Å². The van der Waals surface area contributed by atoms with Crippen molar-refractivity contribution >= 4 is 17.1 Å². The monoisotopic (exact) mass is 424 g/mol. The molecule has 4 aromatic heterocycles. The van der Waals surface area contributed by atoms with Crippen molar-refractivity contribution in [3.63, 3.8) is 0 Å². The number of aryl methyl sites for hydroxylation is 1. The van der Waals surface area contributed by atoms with Crippen molar-refractivity contribution in [1.29, 1.82) is 10.5 Å². The summed E-state index contributed by atoms with van der Waals surface area (Å²) in [6.07, 6.45) is 12.4. The fourth-order valence-electron chi connectivity index (χ4n) is 4.24. The Bertz CT molecular complexity index is 1370.